The minimum absolute atomic E-state index is 0.0720. The van der Waals surface area contributed by atoms with Gasteiger partial charge in [0.05, 0.1) is 17.6 Å². The average molecular weight is 368 g/mol. The van der Waals surface area contributed by atoms with E-state index in [9.17, 15) is 17.6 Å². The van der Waals surface area contributed by atoms with Crippen molar-refractivity contribution < 1.29 is 17.6 Å². The molecule has 0 aliphatic heterocycles. The Labute approximate surface area is 146 Å². The number of halogens is 1. The molecule has 1 aromatic carbocycles. The maximum absolute atomic E-state index is 12.9. The van der Waals surface area contributed by atoms with Gasteiger partial charge in [0.2, 0.25) is 15.9 Å². The van der Waals surface area contributed by atoms with Crippen LogP contribution in [-0.4, -0.2) is 42.0 Å². The Morgan fingerprint density at radius 3 is 2.60 bits per heavy atom. The lowest BCUT2D eigenvalue weighted by atomic mass is 10.3. The highest BCUT2D eigenvalue weighted by Gasteiger charge is 2.23. The van der Waals surface area contributed by atoms with Crippen molar-refractivity contribution in [1.29, 1.82) is 0 Å². The second kappa shape index (κ2) is 8.21. The van der Waals surface area contributed by atoms with E-state index in [4.69, 9.17) is 0 Å². The summed E-state index contributed by atoms with van der Waals surface area (Å²) in [5.74, 6) is -0.489. The van der Waals surface area contributed by atoms with Crippen LogP contribution < -0.4 is 5.32 Å². The highest BCUT2D eigenvalue weighted by atomic mass is 32.2. The first-order valence-corrected chi connectivity index (χ1v) is 9.32. The number of benzene rings is 1. The van der Waals surface area contributed by atoms with E-state index < -0.39 is 21.7 Å². The van der Waals surface area contributed by atoms with Crippen LogP contribution in [0, 0.1) is 5.82 Å². The van der Waals surface area contributed by atoms with Crippen LogP contribution in [-0.2, 0) is 21.4 Å². The third kappa shape index (κ3) is 4.86. The first-order chi connectivity index (χ1) is 11.8. The van der Waals surface area contributed by atoms with E-state index in [-0.39, 0.29) is 11.4 Å². The Morgan fingerprint density at radius 2 is 1.96 bits per heavy atom. The molecule has 0 aliphatic rings. The Kier molecular flexibility index (Phi) is 6.27. The lowest BCUT2D eigenvalue weighted by molar-refractivity contribution is -0.116. The van der Waals surface area contributed by atoms with E-state index in [1.54, 1.807) is 16.9 Å². The molecule has 2 rings (SSSR count). The topological polar surface area (TPSA) is 84.3 Å². The number of aryl methyl sites for hydroxylation is 1. The number of carbonyl (C=O) groups excluding carboxylic acids is 1. The number of amides is 1. The number of anilines is 1. The van der Waals surface area contributed by atoms with Crippen molar-refractivity contribution in [2.75, 3.05) is 18.9 Å². The number of aromatic nitrogens is 2. The Hall–Kier alpha value is -2.26. The number of likely N-dealkylation sites (N-methyl/N-ethyl adjacent to an activating group) is 1. The van der Waals surface area contributed by atoms with Crippen molar-refractivity contribution >= 4 is 21.7 Å². The summed E-state index contributed by atoms with van der Waals surface area (Å²) < 4.78 is 40.3. The minimum Gasteiger partial charge on any atom is -0.310 e. The quantitative estimate of drug-likeness (QED) is 0.773. The fraction of sp³-hybridized carbons (Fsp3) is 0.375. The number of hydrogen-bond acceptors (Lipinski definition) is 4. The number of nitrogens with one attached hydrogen (secondary N) is 1. The van der Waals surface area contributed by atoms with Crippen LogP contribution >= 0.6 is 0 Å². The predicted octanol–water partition coefficient (Wildman–Crippen LogP) is 2.08. The molecule has 0 atom stereocenters. The maximum Gasteiger partial charge on any atom is 0.243 e. The van der Waals surface area contributed by atoms with Crippen molar-refractivity contribution in [3.05, 3.63) is 42.3 Å². The zero-order chi connectivity index (χ0) is 18.4. The number of sulfonamides is 1. The molecule has 2 aromatic rings. The van der Waals surface area contributed by atoms with E-state index in [0.29, 0.717) is 12.4 Å². The largest absolute Gasteiger partial charge is 0.310 e. The molecular formula is C16H21FN4O3S. The second-order valence-corrected chi connectivity index (χ2v) is 7.60. The summed E-state index contributed by atoms with van der Waals surface area (Å²) in [6, 6.07) is 6.11. The zero-order valence-corrected chi connectivity index (χ0v) is 15.0. The molecule has 0 spiro atoms. The molecule has 1 N–H and O–H groups in total. The third-order valence-corrected chi connectivity index (χ3v) is 5.41. The molecule has 0 saturated heterocycles. The molecule has 1 aromatic heterocycles. The van der Waals surface area contributed by atoms with Crippen LogP contribution in [0.15, 0.2) is 41.4 Å². The molecule has 0 saturated carbocycles. The summed E-state index contributed by atoms with van der Waals surface area (Å²) in [5.41, 5.74) is 0. The fourth-order valence-electron chi connectivity index (χ4n) is 2.18. The van der Waals surface area contributed by atoms with Crippen LogP contribution in [0.4, 0.5) is 10.2 Å². The molecule has 0 radical (unpaired) electrons. The van der Waals surface area contributed by atoms with Gasteiger partial charge in [-0.1, -0.05) is 13.3 Å². The van der Waals surface area contributed by atoms with E-state index in [0.717, 1.165) is 29.3 Å². The molecule has 1 heterocycles. The minimum atomic E-state index is -3.87. The van der Waals surface area contributed by atoms with Gasteiger partial charge in [0, 0.05) is 19.7 Å². The van der Waals surface area contributed by atoms with Gasteiger partial charge in [-0.3, -0.25) is 4.79 Å². The highest BCUT2D eigenvalue weighted by molar-refractivity contribution is 7.89. The van der Waals surface area contributed by atoms with Gasteiger partial charge in [-0.25, -0.2) is 17.5 Å². The van der Waals surface area contributed by atoms with Gasteiger partial charge in [-0.2, -0.15) is 9.40 Å². The lowest BCUT2D eigenvalue weighted by Gasteiger charge is -2.17. The summed E-state index contributed by atoms with van der Waals surface area (Å²) in [4.78, 5) is 12.1. The molecule has 136 valence electrons. The van der Waals surface area contributed by atoms with Crippen LogP contribution in [0.5, 0.6) is 0 Å². The second-order valence-electron chi connectivity index (χ2n) is 5.56. The molecule has 0 fully saturated rings. The standard InChI is InChI=1S/C16H21FN4O3S/c1-3-4-11-21-15(9-10-18-21)19-16(22)12-20(2)25(23,24)14-7-5-13(17)6-8-14/h5-10H,3-4,11-12H2,1-2H3,(H,19,22). The molecule has 7 nitrogen and oxygen atoms in total. The van der Waals surface area contributed by atoms with Crippen molar-refractivity contribution in [2.24, 2.45) is 0 Å². The summed E-state index contributed by atoms with van der Waals surface area (Å²) in [6.07, 6.45) is 3.49. The van der Waals surface area contributed by atoms with E-state index in [1.165, 1.54) is 19.2 Å². The monoisotopic (exact) mass is 368 g/mol. The zero-order valence-electron chi connectivity index (χ0n) is 14.1. The summed E-state index contributed by atoms with van der Waals surface area (Å²) in [7, 11) is -2.57. The molecule has 0 unspecified atom stereocenters. The van der Waals surface area contributed by atoms with Gasteiger partial charge >= 0.3 is 0 Å². The van der Waals surface area contributed by atoms with E-state index in [1.807, 2.05) is 0 Å². The van der Waals surface area contributed by atoms with Crippen molar-refractivity contribution in [3.8, 4) is 0 Å². The normalized spacial score (nSPS) is 11.7. The van der Waals surface area contributed by atoms with Gasteiger partial charge in [0.25, 0.3) is 0 Å². The van der Waals surface area contributed by atoms with Crippen LogP contribution in [0.25, 0.3) is 0 Å². The van der Waals surface area contributed by atoms with Gasteiger partial charge < -0.3 is 5.32 Å². The predicted molar refractivity (Wildman–Crippen MR) is 92.0 cm³/mol. The highest BCUT2D eigenvalue weighted by Crippen LogP contribution is 2.15. The molecule has 9 heteroatoms. The molecule has 25 heavy (non-hydrogen) atoms. The number of rotatable bonds is 8. The van der Waals surface area contributed by atoms with Crippen LogP contribution in [0.3, 0.4) is 0 Å². The Bertz CT molecular complexity index is 818. The summed E-state index contributed by atoms with van der Waals surface area (Å²) in [6.45, 7) is 2.36. The average Bonchev–Trinajstić information content (AvgIpc) is 3.00. The first kappa shape index (κ1) is 19.1. The SMILES string of the molecule is CCCCn1nccc1NC(=O)CN(C)S(=O)(=O)c1ccc(F)cc1. The molecular weight excluding hydrogens is 347 g/mol. The number of hydrogen-bond donors (Lipinski definition) is 1. The van der Waals surface area contributed by atoms with Gasteiger partial charge in [-0.05, 0) is 30.7 Å². The van der Waals surface area contributed by atoms with E-state index in [2.05, 4.69) is 17.3 Å². The molecule has 1 amide bonds. The lowest BCUT2D eigenvalue weighted by Crippen LogP contribution is -2.35. The number of unbranched alkanes of at least 4 members (excludes halogenated alkanes) is 1. The summed E-state index contributed by atoms with van der Waals surface area (Å²) in [5, 5.41) is 6.78. The molecule has 0 bridgehead atoms. The van der Waals surface area contributed by atoms with Crippen LogP contribution in [0.1, 0.15) is 19.8 Å². The fourth-order valence-corrected chi connectivity index (χ4v) is 3.31. The number of carbonyl (C=O) groups is 1. The van der Waals surface area contributed by atoms with E-state index >= 15 is 0 Å². The summed E-state index contributed by atoms with van der Waals surface area (Å²) >= 11 is 0. The molecule has 0 aliphatic carbocycles. The van der Waals surface area contributed by atoms with Gasteiger partial charge in [0.15, 0.2) is 0 Å². The van der Waals surface area contributed by atoms with Gasteiger partial charge in [0.1, 0.15) is 11.6 Å². The van der Waals surface area contributed by atoms with Crippen molar-refractivity contribution in [1.82, 2.24) is 14.1 Å². The van der Waals surface area contributed by atoms with Crippen LogP contribution in [0.2, 0.25) is 0 Å². The van der Waals surface area contributed by atoms with Crippen molar-refractivity contribution in [3.63, 3.8) is 0 Å². The van der Waals surface area contributed by atoms with Crippen molar-refractivity contribution in [2.45, 2.75) is 31.2 Å². The van der Waals surface area contributed by atoms with Gasteiger partial charge in [-0.15, -0.1) is 0 Å². The smallest absolute Gasteiger partial charge is 0.243 e. The third-order valence-electron chi connectivity index (χ3n) is 3.60. The number of nitrogens with zero attached hydrogens (tertiary/aromatic N) is 3. The Balaban J connectivity index is 2.02. The Morgan fingerprint density at radius 1 is 1.28 bits per heavy atom. The first-order valence-electron chi connectivity index (χ1n) is 7.88. The maximum atomic E-state index is 12.9.